The molecule has 172 valence electrons. The van der Waals surface area contributed by atoms with Gasteiger partial charge in [0.25, 0.3) is 0 Å². The van der Waals surface area contributed by atoms with Gasteiger partial charge in [0, 0.05) is 12.6 Å². The second kappa shape index (κ2) is 9.67. The van der Waals surface area contributed by atoms with Crippen molar-refractivity contribution >= 4 is 34.6 Å². The zero-order valence-corrected chi connectivity index (χ0v) is 18.4. The van der Waals surface area contributed by atoms with Crippen LogP contribution < -0.4 is 5.73 Å². The molecule has 1 aromatic carbocycles. The van der Waals surface area contributed by atoms with Gasteiger partial charge in [0.1, 0.15) is 30.4 Å². The number of aliphatic hydroxyl groups is 1. The van der Waals surface area contributed by atoms with E-state index >= 15 is 0 Å². The van der Waals surface area contributed by atoms with Crippen LogP contribution in [0, 0.1) is 12.3 Å². The number of hydrogen-bond donors (Lipinski definition) is 2. The van der Waals surface area contributed by atoms with Gasteiger partial charge in [0.2, 0.25) is 5.28 Å². The summed E-state index contributed by atoms with van der Waals surface area (Å²) < 4.78 is 17.9. The number of nitrogens with two attached hydrogens (primary N) is 1. The molecule has 4 rings (SSSR count). The summed E-state index contributed by atoms with van der Waals surface area (Å²) in [7, 11) is 0. The molecule has 0 saturated carbocycles. The third kappa shape index (κ3) is 4.88. The molecule has 0 unspecified atom stereocenters. The summed E-state index contributed by atoms with van der Waals surface area (Å²) in [6, 6.07) is 11.6. The fourth-order valence-corrected chi connectivity index (χ4v) is 3.94. The van der Waals surface area contributed by atoms with E-state index in [2.05, 4.69) is 15.9 Å². The Labute approximate surface area is 195 Å². The van der Waals surface area contributed by atoms with Gasteiger partial charge in [-0.15, -0.1) is 6.42 Å². The number of aliphatic hydroxyl groups excluding tert-OH is 1. The summed E-state index contributed by atoms with van der Waals surface area (Å²) in [6.45, 7) is -0.171. The minimum atomic E-state index is -1.54. The highest BCUT2D eigenvalue weighted by Gasteiger charge is 2.49. The average molecular weight is 471 g/mol. The molecule has 1 saturated heterocycles. The van der Waals surface area contributed by atoms with E-state index in [1.54, 1.807) is 16.8 Å². The number of nitrogen functional groups attached to an aromatic ring is 1. The fourth-order valence-electron chi connectivity index (χ4n) is 3.77. The number of hydrogen-bond acceptors (Lipinski definition) is 8. The van der Waals surface area contributed by atoms with E-state index in [0.717, 1.165) is 12.0 Å². The van der Waals surface area contributed by atoms with E-state index in [9.17, 15) is 9.90 Å². The van der Waals surface area contributed by atoms with Crippen LogP contribution in [-0.2, 0) is 20.6 Å². The average Bonchev–Trinajstić information content (AvgIpc) is 3.37. The maximum Gasteiger partial charge on any atom is 0.508 e. The Morgan fingerprint density at radius 2 is 2.12 bits per heavy atom. The lowest BCUT2D eigenvalue weighted by molar-refractivity contribution is -0.0978. The number of carbonyl (C=O) groups is 1. The van der Waals surface area contributed by atoms with E-state index in [1.165, 1.54) is 0 Å². The number of rotatable bonds is 7. The standard InChI is InChI=1S/C23H23ClN4O5/c1-2-23(14-32-22(30)31-12-6-9-15-7-4-3-5-8-15)17(29)13-18(33-23)28-11-10-16-19(25)26-21(24)27-20(16)28/h1,3-5,7-8,10-11,17-18,29H,6,9,12-14H2,(H2,25,26,27)/t17-,18+,23+/m0/s1. The van der Waals surface area contributed by atoms with Crippen LogP contribution in [0.5, 0.6) is 0 Å². The second-order valence-corrected chi connectivity index (χ2v) is 8.01. The highest BCUT2D eigenvalue weighted by molar-refractivity contribution is 6.28. The molecular weight excluding hydrogens is 448 g/mol. The van der Waals surface area contributed by atoms with Crippen LogP contribution in [0.25, 0.3) is 11.0 Å². The van der Waals surface area contributed by atoms with Crippen LogP contribution >= 0.6 is 11.6 Å². The van der Waals surface area contributed by atoms with Gasteiger partial charge in [-0.2, -0.15) is 4.98 Å². The predicted molar refractivity (Wildman–Crippen MR) is 121 cm³/mol. The molecule has 1 fully saturated rings. The molecule has 10 heteroatoms. The summed E-state index contributed by atoms with van der Waals surface area (Å²) in [5.74, 6) is 2.66. The van der Waals surface area contributed by atoms with Crippen LogP contribution in [0.15, 0.2) is 42.6 Å². The lowest BCUT2D eigenvalue weighted by atomic mass is 9.99. The van der Waals surface area contributed by atoms with Gasteiger partial charge >= 0.3 is 6.16 Å². The maximum atomic E-state index is 12.0. The molecule has 33 heavy (non-hydrogen) atoms. The molecule has 0 aliphatic carbocycles. The van der Waals surface area contributed by atoms with Crippen LogP contribution in [0.1, 0.15) is 24.6 Å². The van der Waals surface area contributed by atoms with Crippen molar-refractivity contribution in [3.8, 4) is 12.3 Å². The largest absolute Gasteiger partial charge is 0.508 e. The predicted octanol–water partition coefficient (Wildman–Crippen LogP) is 3.10. The number of aryl methyl sites for hydroxylation is 1. The van der Waals surface area contributed by atoms with Crippen molar-refractivity contribution in [1.29, 1.82) is 0 Å². The Balaban J connectivity index is 1.34. The number of halogens is 1. The summed E-state index contributed by atoms with van der Waals surface area (Å²) in [5, 5.41) is 11.2. The first kappa shape index (κ1) is 22.9. The van der Waals surface area contributed by atoms with Crippen molar-refractivity contribution < 1.29 is 24.1 Å². The molecule has 2 aromatic heterocycles. The van der Waals surface area contributed by atoms with Gasteiger partial charge < -0.3 is 29.6 Å². The van der Waals surface area contributed by atoms with Gasteiger partial charge in [-0.1, -0.05) is 36.3 Å². The number of ether oxygens (including phenoxy) is 3. The summed E-state index contributed by atoms with van der Waals surface area (Å²) in [4.78, 5) is 20.2. The van der Waals surface area contributed by atoms with Crippen LogP contribution in [-0.4, -0.2) is 50.7 Å². The van der Waals surface area contributed by atoms with E-state index in [1.807, 2.05) is 30.3 Å². The zero-order valence-electron chi connectivity index (χ0n) is 17.7. The number of carbonyl (C=O) groups excluding carboxylic acids is 1. The van der Waals surface area contributed by atoms with Gasteiger partial charge in [0.05, 0.1) is 12.0 Å². The Hall–Kier alpha value is -3.32. The molecule has 0 spiro atoms. The minimum absolute atomic E-state index is 0.0138. The third-order valence-corrected chi connectivity index (χ3v) is 5.68. The lowest BCUT2D eigenvalue weighted by Crippen LogP contribution is -2.43. The Morgan fingerprint density at radius 3 is 2.88 bits per heavy atom. The van der Waals surface area contributed by atoms with E-state index < -0.39 is 24.1 Å². The monoisotopic (exact) mass is 470 g/mol. The highest BCUT2D eigenvalue weighted by Crippen LogP contribution is 2.39. The molecule has 3 aromatic rings. The molecule has 9 nitrogen and oxygen atoms in total. The summed E-state index contributed by atoms with van der Waals surface area (Å²) >= 11 is 5.93. The second-order valence-electron chi connectivity index (χ2n) is 7.67. The van der Waals surface area contributed by atoms with E-state index in [4.69, 9.17) is 38.0 Å². The van der Waals surface area contributed by atoms with Crippen molar-refractivity contribution in [1.82, 2.24) is 14.5 Å². The van der Waals surface area contributed by atoms with Gasteiger partial charge in [0.15, 0.2) is 5.60 Å². The molecule has 0 bridgehead atoms. The van der Waals surface area contributed by atoms with Crippen LogP contribution in [0.4, 0.5) is 10.6 Å². The number of nitrogens with zero attached hydrogens (tertiary/aromatic N) is 3. The quantitative estimate of drug-likeness (QED) is 0.234. The molecule has 3 N–H and O–H groups in total. The maximum absolute atomic E-state index is 12.0. The van der Waals surface area contributed by atoms with Crippen LogP contribution in [0.2, 0.25) is 5.28 Å². The van der Waals surface area contributed by atoms with Gasteiger partial charge in [-0.3, -0.25) is 0 Å². The fraction of sp³-hybridized carbons (Fsp3) is 0.348. The molecule has 0 amide bonds. The first-order chi connectivity index (χ1) is 15.9. The van der Waals surface area contributed by atoms with Crippen molar-refractivity contribution in [2.75, 3.05) is 18.9 Å². The van der Waals surface area contributed by atoms with Crippen molar-refractivity contribution in [2.45, 2.75) is 37.2 Å². The molecule has 1 aliphatic heterocycles. The van der Waals surface area contributed by atoms with Crippen LogP contribution in [0.3, 0.4) is 0 Å². The van der Waals surface area contributed by atoms with E-state index in [-0.39, 0.29) is 30.7 Å². The first-order valence-electron chi connectivity index (χ1n) is 10.4. The molecule has 3 atom stereocenters. The van der Waals surface area contributed by atoms with Gasteiger partial charge in [-0.25, -0.2) is 9.78 Å². The number of aromatic nitrogens is 3. The first-order valence-corrected chi connectivity index (χ1v) is 10.8. The smallest absolute Gasteiger partial charge is 0.434 e. The summed E-state index contributed by atoms with van der Waals surface area (Å²) in [6.07, 6.45) is 6.27. The lowest BCUT2D eigenvalue weighted by Gasteiger charge is -2.26. The normalized spacial score (nSPS) is 22.2. The molecule has 3 heterocycles. The summed E-state index contributed by atoms with van der Waals surface area (Å²) in [5.41, 5.74) is 5.96. The Bertz CT molecular complexity index is 1180. The number of fused-ring (bicyclic) bond motifs is 1. The third-order valence-electron chi connectivity index (χ3n) is 5.52. The van der Waals surface area contributed by atoms with E-state index in [0.29, 0.717) is 17.5 Å². The Kier molecular flexibility index (Phi) is 6.70. The van der Waals surface area contributed by atoms with Crippen molar-refractivity contribution in [3.63, 3.8) is 0 Å². The molecular formula is C23H23ClN4O5. The Morgan fingerprint density at radius 1 is 1.33 bits per heavy atom. The van der Waals surface area contributed by atoms with Crippen molar-refractivity contribution in [3.05, 3.63) is 53.4 Å². The highest BCUT2D eigenvalue weighted by atomic mass is 35.5. The topological polar surface area (TPSA) is 122 Å². The minimum Gasteiger partial charge on any atom is -0.434 e. The number of benzene rings is 1. The molecule has 0 radical (unpaired) electrons. The SMILES string of the molecule is C#C[C@]1(COC(=O)OCCCc2ccccc2)O[C@@H](n2ccc3c(N)nc(Cl)nc32)C[C@@H]1O. The molecule has 1 aliphatic rings. The zero-order chi connectivity index (χ0) is 23.4. The van der Waals surface area contributed by atoms with Crippen molar-refractivity contribution in [2.24, 2.45) is 0 Å². The number of anilines is 1. The number of terminal acetylenes is 1. The van der Waals surface area contributed by atoms with Gasteiger partial charge in [-0.05, 0) is 36.1 Å².